The lowest BCUT2D eigenvalue weighted by molar-refractivity contribution is -0.235. The van der Waals surface area contributed by atoms with Crippen LogP contribution in [0.3, 0.4) is 0 Å². The molecular weight excluding hydrogens is 456 g/mol. The van der Waals surface area contributed by atoms with Gasteiger partial charge in [-0.1, -0.05) is 39.3 Å². The number of hydrogen-bond donors (Lipinski definition) is 5. The Morgan fingerprint density at radius 1 is 0.944 bits per heavy atom. The molecule has 0 saturated heterocycles. The van der Waals surface area contributed by atoms with E-state index in [1.807, 2.05) is 6.92 Å². The van der Waals surface area contributed by atoms with E-state index in [1.165, 1.54) is 5.57 Å². The van der Waals surface area contributed by atoms with Crippen LogP contribution in [0.4, 0.5) is 0 Å². The average molecular weight is 505 g/mol. The van der Waals surface area contributed by atoms with E-state index in [1.54, 1.807) is 0 Å². The number of aliphatic carboxylic acids is 1. The third kappa shape index (κ3) is 2.91. The molecule has 10 atom stereocenters. The van der Waals surface area contributed by atoms with Crippen LogP contribution < -0.4 is 0 Å². The summed E-state index contributed by atoms with van der Waals surface area (Å²) in [6.45, 7) is 10.6. The van der Waals surface area contributed by atoms with Gasteiger partial charge in [-0.2, -0.15) is 0 Å². The summed E-state index contributed by atoms with van der Waals surface area (Å²) >= 11 is 0. The van der Waals surface area contributed by atoms with E-state index in [9.17, 15) is 30.3 Å². The van der Waals surface area contributed by atoms with E-state index in [0.717, 1.165) is 38.5 Å². The van der Waals surface area contributed by atoms with Crippen molar-refractivity contribution in [1.82, 2.24) is 0 Å². The summed E-state index contributed by atoms with van der Waals surface area (Å²) < 4.78 is 0. The molecule has 5 aliphatic carbocycles. The topological polar surface area (TPSA) is 118 Å². The third-order valence-electron chi connectivity index (χ3n) is 13.7. The van der Waals surface area contributed by atoms with Gasteiger partial charge in [0.2, 0.25) is 0 Å². The van der Waals surface area contributed by atoms with Crippen LogP contribution in [0, 0.1) is 50.7 Å². The first-order valence-corrected chi connectivity index (χ1v) is 14.3. The molecule has 0 aromatic rings. The van der Waals surface area contributed by atoms with E-state index in [4.69, 9.17) is 0 Å². The van der Waals surface area contributed by atoms with Gasteiger partial charge in [0.15, 0.2) is 0 Å². The molecule has 204 valence electrons. The number of carboxylic acid groups (broad SMARTS) is 1. The van der Waals surface area contributed by atoms with Crippen molar-refractivity contribution in [2.24, 2.45) is 50.7 Å². The van der Waals surface area contributed by atoms with Crippen molar-refractivity contribution in [1.29, 1.82) is 0 Å². The number of rotatable bonds is 3. The van der Waals surface area contributed by atoms with E-state index in [0.29, 0.717) is 25.2 Å². The lowest BCUT2D eigenvalue weighted by Gasteiger charge is -2.72. The highest BCUT2D eigenvalue weighted by atomic mass is 16.4. The molecule has 6 heteroatoms. The zero-order valence-electron chi connectivity index (χ0n) is 22.9. The van der Waals surface area contributed by atoms with Gasteiger partial charge in [-0.15, -0.1) is 0 Å². The van der Waals surface area contributed by atoms with Crippen molar-refractivity contribution in [2.45, 2.75) is 104 Å². The number of allylic oxidation sites excluding steroid dienone is 1. The zero-order chi connectivity index (χ0) is 26.5. The fraction of sp³-hybridized carbons (Fsp3) is 0.900. The summed E-state index contributed by atoms with van der Waals surface area (Å²) in [4.78, 5) is 12.8. The minimum atomic E-state index is -1.08. The summed E-state index contributed by atoms with van der Waals surface area (Å²) in [5, 5.41) is 54.3. The van der Waals surface area contributed by atoms with Crippen molar-refractivity contribution in [3.8, 4) is 0 Å². The van der Waals surface area contributed by atoms with Crippen LogP contribution in [0.5, 0.6) is 0 Å². The second kappa shape index (κ2) is 8.03. The Kier molecular flexibility index (Phi) is 5.95. The normalized spacial score (nSPS) is 53.8. The number of hydrogen-bond acceptors (Lipinski definition) is 5. The monoisotopic (exact) mass is 504 g/mol. The third-order valence-corrected chi connectivity index (χ3v) is 13.7. The standard InChI is InChI=1S/C30H48O6/c1-18-8-13-29(24(34)35)15-14-26(3)19(23(29)28(18,5)36)6-7-20-25(2)11-10-22(33)30(16-31,17-32)21(25)9-12-27(20,26)4/h6,18,20-23,31-33,36H,7-17H2,1-5H3,(H,34,35)/t18-,20?,21?,22+,23?,25-,26-,27-,28-,29+/m1/s1. The molecule has 3 unspecified atom stereocenters. The molecule has 0 aromatic carbocycles. The number of carboxylic acids is 1. The molecule has 4 saturated carbocycles. The number of aliphatic hydroxyl groups is 4. The van der Waals surface area contributed by atoms with Crippen molar-refractivity contribution >= 4 is 5.97 Å². The fourth-order valence-corrected chi connectivity index (χ4v) is 11.0. The SMILES string of the molecule is C[C@@H]1CC[C@]2(C(=O)O)CC[C@]3(C)C(=CCC4[C@@]5(C)CC[C@H](O)C(CO)(CO)C5CC[C@]43C)C2[C@]1(C)O. The lowest BCUT2D eigenvalue weighted by atomic mass is 9.33. The van der Waals surface area contributed by atoms with Gasteiger partial charge in [-0.25, -0.2) is 0 Å². The Bertz CT molecular complexity index is 953. The predicted octanol–water partition coefficient (Wildman–Crippen LogP) is 4.15. The minimum Gasteiger partial charge on any atom is -0.481 e. The van der Waals surface area contributed by atoms with Crippen molar-refractivity contribution < 1.29 is 30.3 Å². The molecule has 6 nitrogen and oxygen atoms in total. The molecule has 36 heavy (non-hydrogen) atoms. The van der Waals surface area contributed by atoms with Gasteiger partial charge in [-0.05, 0) is 98.7 Å². The summed E-state index contributed by atoms with van der Waals surface area (Å²) in [6.07, 6.45) is 8.31. The first-order valence-electron chi connectivity index (χ1n) is 14.3. The quantitative estimate of drug-likeness (QED) is 0.369. The highest BCUT2D eigenvalue weighted by Crippen LogP contribution is 2.76. The molecule has 0 radical (unpaired) electrons. The number of carbonyl (C=O) groups is 1. The van der Waals surface area contributed by atoms with E-state index >= 15 is 0 Å². The van der Waals surface area contributed by atoms with E-state index in [2.05, 4.69) is 33.8 Å². The Morgan fingerprint density at radius 2 is 1.61 bits per heavy atom. The van der Waals surface area contributed by atoms with Crippen LogP contribution in [-0.4, -0.2) is 56.4 Å². The molecule has 0 aromatic heterocycles. The molecule has 5 N–H and O–H groups in total. The summed E-state index contributed by atoms with van der Waals surface area (Å²) in [6, 6.07) is 0. The van der Waals surface area contributed by atoms with Crippen LogP contribution in [0.25, 0.3) is 0 Å². The number of fused-ring (bicyclic) bond motifs is 7. The molecule has 5 rings (SSSR count). The second-order valence-corrected chi connectivity index (χ2v) is 14.5. The predicted molar refractivity (Wildman–Crippen MR) is 137 cm³/mol. The van der Waals surface area contributed by atoms with Crippen molar-refractivity contribution in [3.05, 3.63) is 11.6 Å². The summed E-state index contributed by atoms with van der Waals surface area (Å²) in [5.74, 6) is -0.796. The van der Waals surface area contributed by atoms with Gasteiger partial charge < -0.3 is 25.5 Å². The molecular formula is C30H48O6. The fourth-order valence-electron chi connectivity index (χ4n) is 11.0. The van der Waals surface area contributed by atoms with Gasteiger partial charge >= 0.3 is 5.97 Å². The highest BCUT2D eigenvalue weighted by Gasteiger charge is 2.72. The van der Waals surface area contributed by atoms with Gasteiger partial charge in [0.25, 0.3) is 0 Å². The van der Waals surface area contributed by atoms with Crippen LogP contribution in [-0.2, 0) is 4.79 Å². The lowest BCUT2D eigenvalue weighted by Crippen LogP contribution is -2.68. The van der Waals surface area contributed by atoms with Crippen LogP contribution >= 0.6 is 0 Å². The molecule has 0 heterocycles. The summed E-state index contributed by atoms with van der Waals surface area (Å²) in [5.41, 5.74) is -2.18. The molecule has 0 bridgehead atoms. The maximum absolute atomic E-state index is 12.8. The molecule has 5 aliphatic rings. The van der Waals surface area contributed by atoms with Gasteiger partial charge in [0, 0.05) is 11.3 Å². The number of aliphatic hydroxyl groups excluding tert-OH is 3. The Morgan fingerprint density at radius 3 is 2.22 bits per heavy atom. The molecule has 4 fully saturated rings. The minimum absolute atomic E-state index is 0.0277. The van der Waals surface area contributed by atoms with Crippen LogP contribution in [0.1, 0.15) is 92.4 Å². The Labute approximate surface area is 216 Å². The first-order chi connectivity index (χ1) is 16.7. The Hall–Kier alpha value is -0.950. The van der Waals surface area contributed by atoms with Gasteiger partial charge in [0.1, 0.15) is 0 Å². The second-order valence-electron chi connectivity index (χ2n) is 14.5. The van der Waals surface area contributed by atoms with Crippen LogP contribution in [0.2, 0.25) is 0 Å². The van der Waals surface area contributed by atoms with Gasteiger partial charge in [0.05, 0.1) is 30.3 Å². The van der Waals surface area contributed by atoms with Crippen LogP contribution in [0.15, 0.2) is 11.6 Å². The van der Waals surface area contributed by atoms with Crippen molar-refractivity contribution in [2.75, 3.05) is 13.2 Å². The molecule has 0 aliphatic heterocycles. The van der Waals surface area contributed by atoms with E-state index < -0.39 is 34.4 Å². The molecule has 0 amide bonds. The Balaban J connectivity index is 1.64. The smallest absolute Gasteiger partial charge is 0.310 e. The van der Waals surface area contributed by atoms with Crippen molar-refractivity contribution in [3.63, 3.8) is 0 Å². The van der Waals surface area contributed by atoms with E-state index in [-0.39, 0.29) is 41.3 Å². The van der Waals surface area contributed by atoms with Gasteiger partial charge in [-0.3, -0.25) is 4.79 Å². The zero-order valence-corrected chi connectivity index (χ0v) is 22.9. The highest BCUT2D eigenvalue weighted by molar-refractivity contribution is 5.77. The summed E-state index contributed by atoms with van der Waals surface area (Å²) in [7, 11) is 0. The first kappa shape index (κ1) is 26.6. The largest absolute Gasteiger partial charge is 0.481 e. The molecule has 0 spiro atoms. The average Bonchev–Trinajstić information content (AvgIpc) is 2.82. The maximum Gasteiger partial charge on any atom is 0.310 e. The maximum atomic E-state index is 12.8.